The first-order valence-electron chi connectivity index (χ1n) is 6.46. The first kappa shape index (κ1) is 16.0. The summed E-state index contributed by atoms with van der Waals surface area (Å²) in [7, 11) is 3.19. The highest BCUT2D eigenvalue weighted by atomic mass is 35.5. The van der Waals surface area contributed by atoms with Gasteiger partial charge in [0.1, 0.15) is 11.5 Å². The third kappa shape index (κ3) is 3.82. The zero-order valence-electron chi connectivity index (χ0n) is 11.9. The van der Waals surface area contributed by atoms with E-state index in [1.807, 2.05) is 24.3 Å². The third-order valence-corrected chi connectivity index (χ3v) is 3.88. The van der Waals surface area contributed by atoms with Gasteiger partial charge in [-0.15, -0.1) is 0 Å². The number of ether oxygens (including phenoxy) is 2. The maximum atomic E-state index is 6.26. The summed E-state index contributed by atoms with van der Waals surface area (Å²) in [6.07, 6.45) is 0.638. The molecule has 2 aromatic rings. The van der Waals surface area contributed by atoms with E-state index < -0.39 is 0 Å². The molecule has 0 bridgehead atoms. The maximum Gasteiger partial charge on any atom is 0.138 e. The molecule has 0 spiro atoms. The number of hydrogen-bond donors (Lipinski definition) is 1. The smallest absolute Gasteiger partial charge is 0.138 e. The van der Waals surface area contributed by atoms with Crippen molar-refractivity contribution in [1.29, 1.82) is 0 Å². The molecule has 1 atom stereocenters. The number of benzene rings is 2. The molecule has 0 radical (unpaired) electrons. The number of methoxy groups -OCH3 is 2. The molecule has 5 heteroatoms. The van der Waals surface area contributed by atoms with Crippen molar-refractivity contribution >= 4 is 23.2 Å². The average Bonchev–Trinajstić information content (AvgIpc) is 2.49. The lowest BCUT2D eigenvalue weighted by molar-refractivity contribution is 0.414. The Bertz CT molecular complexity index is 632. The Morgan fingerprint density at radius 2 is 1.81 bits per heavy atom. The van der Waals surface area contributed by atoms with Crippen LogP contribution in [0.3, 0.4) is 0 Å². The molecule has 0 aromatic heterocycles. The Morgan fingerprint density at radius 1 is 1.05 bits per heavy atom. The average molecular weight is 326 g/mol. The van der Waals surface area contributed by atoms with Crippen LogP contribution in [0.1, 0.15) is 17.2 Å². The van der Waals surface area contributed by atoms with Gasteiger partial charge in [0.05, 0.1) is 19.2 Å². The van der Waals surface area contributed by atoms with E-state index in [9.17, 15) is 0 Å². The quantitative estimate of drug-likeness (QED) is 0.893. The van der Waals surface area contributed by atoms with Gasteiger partial charge in [-0.2, -0.15) is 0 Å². The van der Waals surface area contributed by atoms with Crippen molar-refractivity contribution in [3.8, 4) is 11.5 Å². The first-order valence-corrected chi connectivity index (χ1v) is 7.22. The molecule has 0 amide bonds. The van der Waals surface area contributed by atoms with Gasteiger partial charge in [-0.3, -0.25) is 0 Å². The van der Waals surface area contributed by atoms with Crippen LogP contribution < -0.4 is 15.2 Å². The van der Waals surface area contributed by atoms with E-state index in [2.05, 4.69) is 0 Å². The lowest BCUT2D eigenvalue weighted by atomic mass is 9.99. The van der Waals surface area contributed by atoms with Crippen molar-refractivity contribution in [3.63, 3.8) is 0 Å². The Morgan fingerprint density at radius 3 is 2.48 bits per heavy atom. The predicted molar refractivity (Wildman–Crippen MR) is 86.6 cm³/mol. The van der Waals surface area contributed by atoms with E-state index in [-0.39, 0.29) is 6.04 Å². The van der Waals surface area contributed by atoms with Crippen LogP contribution >= 0.6 is 23.2 Å². The minimum Gasteiger partial charge on any atom is -0.497 e. The molecule has 0 saturated heterocycles. The van der Waals surface area contributed by atoms with E-state index >= 15 is 0 Å². The largest absolute Gasteiger partial charge is 0.497 e. The molecule has 1 unspecified atom stereocenters. The molecule has 0 aliphatic carbocycles. The summed E-state index contributed by atoms with van der Waals surface area (Å²) >= 11 is 12.4. The van der Waals surface area contributed by atoms with Gasteiger partial charge in [-0.1, -0.05) is 35.3 Å². The van der Waals surface area contributed by atoms with Crippen LogP contribution in [-0.2, 0) is 6.42 Å². The zero-order chi connectivity index (χ0) is 15.4. The Labute approximate surface area is 134 Å². The lowest BCUT2D eigenvalue weighted by Gasteiger charge is -2.16. The van der Waals surface area contributed by atoms with Crippen LogP contribution in [0.25, 0.3) is 0 Å². The van der Waals surface area contributed by atoms with Gasteiger partial charge in [0.25, 0.3) is 0 Å². The summed E-state index contributed by atoms with van der Waals surface area (Å²) in [6, 6.07) is 11.0. The highest BCUT2D eigenvalue weighted by Gasteiger charge is 2.15. The van der Waals surface area contributed by atoms with Gasteiger partial charge in [0.2, 0.25) is 0 Å². The van der Waals surface area contributed by atoms with Crippen molar-refractivity contribution in [2.45, 2.75) is 12.5 Å². The van der Waals surface area contributed by atoms with Gasteiger partial charge >= 0.3 is 0 Å². The molecule has 112 valence electrons. The fourth-order valence-corrected chi connectivity index (χ4v) is 2.69. The summed E-state index contributed by atoms with van der Waals surface area (Å²) in [5.74, 6) is 1.34. The highest BCUT2D eigenvalue weighted by Crippen LogP contribution is 2.34. The minimum absolute atomic E-state index is 0.256. The molecule has 3 nitrogen and oxygen atoms in total. The molecule has 2 N–H and O–H groups in total. The summed E-state index contributed by atoms with van der Waals surface area (Å²) in [5, 5.41) is 1.05. The maximum absolute atomic E-state index is 6.26. The van der Waals surface area contributed by atoms with Crippen molar-refractivity contribution in [2.24, 2.45) is 5.73 Å². The molecule has 2 rings (SSSR count). The number of rotatable bonds is 5. The van der Waals surface area contributed by atoms with Gasteiger partial charge in [0.15, 0.2) is 0 Å². The Hall–Kier alpha value is -1.42. The molecule has 0 heterocycles. The van der Waals surface area contributed by atoms with Crippen molar-refractivity contribution in [2.75, 3.05) is 14.2 Å². The van der Waals surface area contributed by atoms with Crippen molar-refractivity contribution < 1.29 is 9.47 Å². The fourth-order valence-electron chi connectivity index (χ4n) is 2.15. The van der Waals surface area contributed by atoms with Crippen LogP contribution in [0.5, 0.6) is 11.5 Å². The van der Waals surface area contributed by atoms with Gasteiger partial charge in [0, 0.05) is 17.1 Å². The molecule has 0 saturated carbocycles. The van der Waals surface area contributed by atoms with Gasteiger partial charge in [-0.25, -0.2) is 0 Å². The molecule has 0 aliphatic heterocycles. The van der Waals surface area contributed by atoms with Crippen LogP contribution in [0.2, 0.25) is 10.0 Å². The van der Waals surface area contributed by atoms with Crippen molar-refractivity contribution in [1.82, 2.24) is 0 Å². The second-order valence-electron chi connectivity index (χ2n) is 4.67. The van der Waals surface area contributed by atoms with Gasteiger partial charge in [-0.05, 0) is 35.7 Å². The van der Waals surface area contributed by atoms with E-state index in [0.29, 0.717) is 22.2 Å². The molecule has 21 heavy (non-hydrogen) atoms. The van der Waals surface area contributed by atoms with Crippen LogP contribution in [0, 0.1) is 0 Å². The van der Waals surface area contributed by atoms with Crippen LogP contribution in [-0.4, -0.2) is 14.2 Å². The molecular formula is C16H17Cl2NO2. The van der Waals surface area contributed by atoms with E-state index in [1.54, 1.807) is 26.4 Å². The lowest BCUT2D eigenvalue weighted by Crippen LogP contribution is -2.14. The molecule has 0 aliphatic rings. The van der Waals surface area contributed by atoms with Crippen LogP contribution in [0.15, 0.2) is 36.4 Å². The standard InChI is InChI=1S/C16H17Cl2NO2/c1-20-11-5-3-4-10(6-11)7-15(19)12-8-14(18)16(21-2)9-13(12)17/h3-6,8-9,15H,7,19H2,1-2H3. The van der Waals surface area contributed by atoms with Crippen LogP contribution in [0.4, 0.5) is 0 Å². The third-order valence-electron chi connectivity index (χ3n) is 3.26. The topological polar surface area (TPSA) is 44.5 Å². The van der Waals surface area contributed by atoms with Crippen molar-refractivity contribution in [3.05, 3.63) is 57.6 Å². The second-order valence-corrected chi connectivity index (χ2v) is 5.48. The number of hydrogen-bond acceptors (Lipinski definition) is 3. The SMILES string of the molecule is COc1cccc(CC(N)c2cc(Cl)c(OC)cc2Cl)c1. The van der Waals surface area contributed by atoms with Gasteiger partial charge < -0.3 is 15.2 Å². The normalized spacial score (nSPS) is 12.0. The number of halogens is 2. The van der Waals surface area contributed by atoms with E-state index in [0.717, 1.165) is 16.9 Å². The highest BCUT2D eigenvalue weighted by molar-refractivity contribution is 6.34. The molecular weight excluding hydrogens is 309 g/mol. The van der Waals surface area contributed by atoms with E-state index in [1.165, 1.54) is 0 Å². The Kier molecular flexibility index (Phi) is 5.34. The first-order chi connectivity index (χ1) is 10.0. The fraction of sp³-hybridized carbons (Fsp3) is 0.250. The summed E-state index contributed by atoms with van der Waals surface area (Å²) < 4.78 is 10.3. The Balaban J connectivity index is 2.23. The van der Waals surface area contributed by atoms with E-state index in [4.69, 9.17) is 38.4 Å². The summed E-state index contributed by atoms with van der Waals surface area (Å²) in [4.78, 5) is 0. The minimum atomic E-state index is -0.256. The molecule has 0 fully saturated rings. The summed E-state index contributed by atoms with van der Waals surface area (Å²) in [6.45, 7) is 0. The second kappa shape index (κ2) is 7.03. The monoisotopic (exact) mass is 325 g/mol. The summed E-state index contributed by atoms with van der Waals surface area (Å²) in [5.41, 5.74) is 8.13. The zero-order valence-corrected chi connectivity index (χ0v) is 13.4. The molecule has 2 aromatic carbocycles. The predicted octanol–water partition coefficient (Wildman–Crippen LogP) is 4.25. The number of nitrogens with two attached hydrogens (primary N) is 1.